The molecule has 0 bridgehead atoms. The first kappa shape index (κ1) is 19.9. The summed E-state index contributed by atoms with van der Waals surface area (Å²) in [5.74, 6) is -1.32. The number of urea groups is 1. The molecule has 3 N–H and O–H groups in total. The van der Waals surface area contributed by atoms with E-state index in [0.29, 0.717) is 16.3 Å². The molecule has 1 aromatic heterocycles. The lowest BCUT2D eigenvalue weighted by molar-refractivity contribution is -0.154. The maximum Gasteiger partial charge on any atom is 0.329 e. The highest BCUT2D eigenvalue weighted by atomic mass is 32.1. The molecule has 2 atom stereocenters. The molecule has 0 aliphatic carbocycles. The van der Waals surface area contributed by atoms with Crippen LogP contribution in [0, 0.1) is 11.3 Å². The molecular weight excluding hydrogens is 368 g/mol. The fraction of sp³-hybridized carbons (Fsp3) is 0.222. The van der Waals surface area contributed by atoms with Gasteiger partial charge in [0, 0.05) is 5.69 Å². The number of carbonyl (C=O) groups is 3. The average Bonchev–Trinajstić information content (AvgIpc) is 3.09. The monoisotopic (exact) mass is 386 g/mol. The van der Waals surface area contributed by atoms with Crippen LogP contribution in [0.3, 0.4) is 0 Å². The summed E-state index contributed by atoms with van der Waals surface area (Å²) in [6.45, 7) is 2.86. The van der Waals surface area contributed by atoms with Gasteiger partial charge >= 0.3 is 12.0 Å². The number of hydrogen-bond acceptors (Lipinski definition) is 6. The molecule has 0 aliphatic heterocycles. The highest BCUT2D eigenvalue weighted by Gasteiger charge is 2.24. The van der Waals surface area contributed by atoms with Gasteiger partial charge in [-0.25, -0.2) is 9.59 Å². The highest BCUT2D eigenvalue weighted by Crippen LogP contribution is 2.22. The van der Waals surface area contributed by atoms with Crippen molar-refractivity contribution in [1.82, 2.24) is 5.32 Å². The Kier molecular flexibility index (Phi) is 6.91. The molecule has 0 saturated carbocycles. The van der Waals surface area contributed by atoms with Crippen molar-refractivity contribution in [1.29, 1.82) is 5.26 Å². The lowest BCUT2D eigenvalue weighted by Crippen LogP contribution is -2.44. The number of ether oxygens (including phenoxy) is 1. The Morgan fingerprint density at radius 3 is 2.48 bits per heavy atom. The van der Waals surface area contributed by atoms with Crippen molar-refractivity contribution >= 4 is 39.9 Å². The maximum absolute atomic E-state index is 12.1. The highest BCUT2D eigenvalue weighted by molar-refractivity contribution is 7.14. The molecular formula is C18H18N4O4S. The van der Waals surface area contributed by atoms with Crippen molar-refractivity contribution in [2.24, 2.45) is 0 Å². The standard InChI is InChI=1S/C18H18N4O4S/c1-11(20-18(25)21-14-6-4-3-5-7-14)17(24)26-12(2)15(23)22-16-13(10-19)8-9-27-16/h3-9,11-12H,1-2H3,(H,22,23)(H2,20,21,25)/t11-,12+/m0/s1. The Morgan fingerprint density at radius 2 is 1.81 bits per heavy atom. The van der Waals surface area contributed by atoms with Crippen molar-refractivity contribution in [2.75, 3.05) is 10.6 Å². The summed E-state index contributed by atoms with van der Waals surface area (Å²) in [6, 6.07) is 10.7. The number of carbonyl (C=O) groups excluding carboxylic acids is 3. The largest absolute Gasteiger partial charge is 0.451 e. The lowest BCUT2D eigenvalue weighted by Gasteiger charge is -2.17. The number of nitrogens with one attached hydrogen (secondary N) is 3. The van der Waals surface area contributed by atoms with Crippen molar-refractivity contribution in [2.45, 2.75) is 26.0 Å². The van der Waals surface area contributed by atoms with Crippen LogP contribution in [0.2, 0.25) is 0 Å². The molecule has 3 amide bonds. The molecule has 2 aromatic rings. The van der Waals surface area contributed by atoms with Crippen molar-refractivity contribution in [3.8, 4) is 6.07 Å². The third-order valence-corrected chi connectivity index (χ3v) is 4.25. The number of nitriles is 1. The van der Waals surface area contributed by atoms with Gasteiger partial charge < -0.3 is 20.7 Å². The molecule has 0 unspecified atom stereocenters. The smallest absolute Gasteiger partial charge is 0.329 e. The zero-order valence-corrected chi connectivity index (χ0v) is 15.5. The number of para-hydroxylation sites is 1. The second-order valence-corrected chi connectivity index (χ2v) is 6.45. The van der Waals surface area contributed by atoms with Crippen molar-refractivity contribution in [3.05, 3.63) is 47.3 Å². The van der Waals surface area contributed by atoms with Crippen LogP contribution in [0.4, 0.5) is 15.5 Å². The number of thiophene rings is 1. The van der Waals surface area contributed by atoms with E-state index in [9.17, 15) is 14.4 Å². The summed E-state index contributed by atoms with van der Waals surface area (Å²) >= 11 is 1.19. The zero-order chi connectivity index (χ0) is 19.8. The van der Waals surface area contributed by atoms with E-state index in [4.69, 9.17) is 10.00 Å². The molecule has 8 nitrogen and oxygen atoms in total. The minimum Gasteiger partial charge on any atom is -0.451 e. The average molecular weight is 386 g/mol. The summed E-state index contributed by atoms with van der Waals surface area (Å²) in [7, 11) is 0. The molecule has 1 aromatic carbocycles. The van der Waals surface area contributed by atoms with Crippen LogP contribution in [0.5, 0.6) is 0 Å². The van der Waals surface area contributed by atoms with E-state index in [2.05, 4.69) is 16.0 Å². The van der Waals surface area contributed by atoms with E-state index in [1.54, 1.807) is 35.7 Å². The predicted octanol–water partition coefficient (Wildman–Crippen LogP) is 2.70. The number of benzene rings is 1. The number of hydrogen-bond donors (Lipinski definition) is 3. The minimum atomic E-state index is -1.09. The Labute approximate surface area is 160 Å². The first-order valence-electron chi connectivity index (χ1n) is 8.02. The number of nitrogens with zero attached hydrogens (tertiary/aromatic N) is 1. The van der Waals surface area contributed by atoms with Crippen LogP contribution in [0.1, 0.15) is 19.4 Å². The fourth-order valence-corrected chi connectivity index (χ4v) is 2.72. The fourth-order valence-electron chi connectivity index (χ4n) is 1.98. The van der Waals surface area contributed by atoms with Crippen molar-refractivity contribution in [3.63, 3.8) is 0 Å². The molecule has 0 spiro atoms. The van der Waals surface area contributed by atoms with E-state index in [1.807, 2.05) is 12.1 Å². The van der Waals surface area contributed by atoms with E-state index >= 15 is 0 Å². The summed E-state index contributed by atoms with van der Waals surface area (Å²) in [5, 5.41) is 18.6. The van der Waals surface area contributed by atoms with Gasteiger partial charge in [0.2, 0.25) is 0 Å². The van der Waals surface area contributed by atoms with Crippen LogP contribution < -0.4 is 16.0 Å². The van der Waals surface area contributed by atoms with Gasteiger partial charge in [0.15, 0.2) is 6.10 Å². The van der Waals surface area contributed by atoms with Crippen LogP contribution in [-0.2, 0) is 14.3 Å². The van der Waals surface area contributed by atoms with Gasteiger partial charge in [-0.05, 0) is 37.4 Å². The number of amides is 3. The Morgan fingerprint density at radius 1 is 1.11 bits per heavy atom. The predicted molar refractivity (Wildman–Crippen MR) is 101 cm³/mol. The van der Waals surface area contributed by atoms with Gasteiger partial charge in [0.1, 0.15) is 17.1 Å². The van der Waals surface area contributed by atoms with E-state index in [1.165, 1.54) is 25.2 Å². The molecule has 0 radical (unpaired) electrons. The molecule has 27 heavy (non-hydrogen) atoms. The van der Waals surface area contributed by atoms with Gasteiger partial charge in [-0.2, -0.15) is 5.26 Å². The molecule has 0 fully saturated rings. The quantitative estimate of drug-likeness (QED) is 0.659. The van der Waals surface area contributed by atoms with Gasteiger partial charge in [-0.1, -0.05) is 18.2 Å². The topological polar surface area (TPSA) is 120 Å². The molecule has 2 rings (SSSR count). The van der Waals surface area contributed by atoms with Crippen LogP contribution in [0.25, 0.3) is 0 Å². The third-order valence-electron chi connectivity index (χ3n) is 3.42. The molecule has 0 saturated heterocycles. The van der Waals surface area contributed by atoms with E-state index in [-0.39, 0.29) is 0 Å². The summed E-state index contributed by atoms with van der Waals surface area (Å²) in [5.41, 5.74) is 0.909. The summed E-state index contributed by atoms with van der Waals surface area (Å²) < 4.78 is 5.08. The zero-order valence-electron chi connectivity index (χ0n) is 14.7. The first-order valence-corrected chi connectivity index (χ1v) is 8.90. The Balaban J connectivity index is 1.83. The molecule has 1 heterocycles. The normalized spacial score (nSPS) is 12.2. The number of rotatable bonds is 6. The second kappa shape index (κ2) is 9.35. The third kappa shape index (κ3) is 5.83. The number of anilines is 2. The van der Waals surface area contributed by atoms with E-state index < -0.39 is 30.1 Å². The Bertz CT molecular complexity index is 860. The van der Waals surface area contributed by atoms with Gasteiger partial charge in [0.05, 0.1) is 5.56 Å². The second-order valence-electron chi connectivity index (χ2n) is 5.53. The Hall–Kier alpha value is -3.38. The van der Waals surface area contributed by atoms with Gasteiger partial charge in [-0.3, -0.25) is 4.79 Å². The summed E-state index contributed by atoms with van der Waals surface area (Å²) in [4.78, 5) is 36.1. The lowest BCUT2D eigenvalue weighted by atomic mass is 10.3. The number of esters is 1. The molecule has 140 valence electrons. The minimum absolute atomic E-state index is 0.333. The maximum atomic E-state index is 12.1. The van der Waals surface area contributed by atoms with Crippen molar-refractivity contribution < 1.29 is 19.1 Å². The summed E-state index contributed by atoms with van der Waals surface area (Å²) in [6.07, 6.45) is -1.09. The first-order chi connectivity index (χ1) is 12.9. The van der Waals surface area contributed by atoms with Crippen LogP contribution >= 0.6 is 11.3 Å². The molecule has 0 aliphatic rings. The molecule has 9 heteroatoms. The SMILES string of the molecule is C[C@H](NC(=O)Nc1ccccc1)C(=O)O[C@H](C)C(=O)Nc1sccc1C#N. The van der Waals surface area contributed by atoms with Crippen LogP contribution in [0.15, 0.2) is 41.8 Å². The van der Waals surface area contributed by atoms with Crippen LogP contribution in [-0.4, -0.2) is 30.1 Å². The van der Waals surface area contributed by atoms with E-state index in [0.717, 1.165) is 0 Å². The van der Waals surface area contributed by atoms with Gasteiger partial charge in [0.25, 0.3) is 5.91 Å². The van der Waals surface area contributed by atoms with Gasteiger partial charge in [-0.15, -0.1) is 11.3 Å².